The SMILES string of the molecule is Cc1ccccc1C1CC1C(=O)N1CCCC(CCC(=O)O)C1. The average molecular weight is 315 g/mol. The zero-order valence-electron chi connectivity index (χ0n) is 13.7. The molecule has 1 N–H and O–H groups in total. The van der Waals surface area contributed by atoms with Crippen LogP contribution >= 0.6 is 0 Å². The van der Waals surface area contributed by atoms with Gasteiger partial charge in [0, 0.05) is 25.4 Å². The van der Waals surface area contributed by atoms with Gasteiger partial charge < -0.3 is 10.0 Å². The summed E-state index contributed by atoms with van der Waals surface area (Å²) in [5.74, 6) is 0.394. The van der Waals surface area contributed by atoms with E-state index in [0.29, 0.717) is 18.3 Å². The average Bonchev–Trinajstić information content (AvgIpc) is 3.33. The summed E-state index contributed by atoms with van der Waals surface area (Å²) < 4.78 is 0. The monoisotopic (exact) mass is 315 g/mol. The van der Waals surface area contributed by atoms with Crippen LogP contribution in [0.4, 0.5) is 0 Å². The molecule has 0 aromatic heterocycles. The molecule has 1 saturated carbocycles. The van der Waals surface area contributed by atoms with E-state index in [1.54, 1.807) is 0 Å². The Morgan fingerprint density at radius 1 is 1.30 bits per heavy atom. The second kappa shape index (κ2) is 6.73. The number of aryl methyl sites for hydroxylation is 1. The van der Waals surface area contributed by atoms with Crippen molar-refractivity contribution in [2.45, 2.75) is 44.9 Å². The Morgan fingerprint density at radius 2 is 2.09 bits per heavy atom. The lowest BCUT2D eigenvalue weighted by Gasteiger charge is -2.33. The molecule has 1 aliphatic heterocycles. The lowest BCUT2D eigenvalue weighted by Crippen LogP contribution is -2.41. The van der Waals surface area contributed by atoms with Crippen LogP contribution in [0.3, 0.4) is 0 Å². The number of aliphatic carboxylic acids is 1. The molecule has 124 valence electrons. The third-order valence-corrected chi connectivity index (χ3v) is 5.29. The molecule has 1 aromatic rings. The Hall–Kier alpha value is -1.84. The zero-order chi connectivity index (χ0) is 16.4. The van der Waals surface area contributed by atoms with E-state index >= 15 is 0 Å². The van der Waals surface area contributed by atoms with Gasteiger partial charge in [-0.2, -0.15) is 0 Å². The molecule has 1 saturated heterocycles. The molecule has 1 aliphatic carbocycles. The van der Waals surface area contributed by atoms with E-state index in [1.807, 2.05) is 17.0 Å². The molecule has 4 nitrogen and oxygen atoms in total. The first-order valence-corrected chi connectivity index (χ1v) is 8.62. The summed E-state index contributed by atoms with van der Waals surface area (Å²) in [5, 5.41) is 8.82. The van der Waals surface area contributed by atoms with Crippen LogP contribution in [0.1, 0.15) is 49.1 Å². The fourth-order valence-corrected chi connectivity index (χ4v) is 3.88. The van der Waals surface area contributed by atoms with Gasteiger partial charge in [0.15, 0.2) is 0 Å². The molecule has 23 heavy (non-hydrogen) atoms. The Labute approximate surface area is 137 Å². The predicted molar refractivity (Wildman–Crippen MR) is 88.2 cm³/mol. The van der Waals surface area contributed by atoms with E-state index in [0.717, 1.165) is 32.4 Å². The highest BCUT2D eigenvalue weighted by Crippen LogP contribution is 2.49. The number of carboxylic acids is 1. The first-order valence-electron chi connectivity index (χ1n) is 8.62. The van der Waals surface area contributed by atoms with Crippen LogP contribution in [0.25, 0.3) is 0 Å². The van der Waals surface area contributed by atoms with E-state index in [-0.39, 0.29) is 18.2 Å². The smallest absolute Gasteiger partial charge is 0.303 e. The van der Waals surface area contributed by atoms with Crippen LogP contribution in [0, 0.1) is 18.8 Å². The van der Waals surface area contributed by atoms with Crippen molar-refractivity contribution in [1.82, 2.24) is 4.90 Å². The molecule has 0 bridgehead atoms. The van der Waals surface area contributed by atoms with Crippen LogP contribution in [0.2, 0.25) is 0 Å². The summed E-state index contributed by atoms with van der Waals surface area (Å²) in [6, 6.07) is 8.33. The lowest BCUT2D eigenvalue weighted by molar-refractivity contribution is -0.137. The van der Waals surface area contributed by atoms with Gasteiger partial charge in [-0.05, 0) is 55.6 Å². The van der Waals surface area contributed by atoms with Crippen molar-refractivity contribution in [2.24, 2.45) is 11.8 Å². The molecule has 1 amide bonds. The van der Waals surface area contributed by atoms with Crippen LogP contribution in [0.15, 0.2) is 24.3 Å². The molecule has 1 heterocycles. The number of amides is 1. The number of likely N-dealkylation sites (tertiary alicyclic amines) is 1. The largest absolute Gasteiger partial charge is 0.481 e. The van der Waals surface area contributed by atoms with Crippen molar-refractivity contribution >= 4 is 11.9 Å². The van der Waals surface area contributed by atoms with E-state index < -0.39 is 5.97 Å². The van der Waals surface area contributed by atoms with Gasteiger partial charge in [0.25, 0.3) is 0 Å². The molecule has 3 rings (SSSR count). The van der Waals surface area contributed by atoms with Crippen molar-refractivity contribution in [3.05, 3.63) is 35.4 Å². The first kappa shape index (κ1) is 16.0. The van der Waals surface area contributed by atoms with Crippen molar-refractivity contribution in [3.8, 4) is 0 Å². The van der Waals surface area contributed by atoms with E-state index in [4.69, 9.17) is 5.11 Å². The molecular weight excluding hydrogens is 290 g/mol. The third-order valence-electron chi connectivity index (χ3n) is 5.29. The summed E-state index contributed by atoms with van der Waals surface area (Å²) in [4.78, 5) is 25.5. The summed E-state index contributed by atoms with van der Waals surface area (Å²) in [5.41, 5.74) is 2.58. The van der Waals surface area contributed by atoms with Crippen LogP contribution in [-0.2, 0) is 9.59 Å². The van der Waals surface area contributed by atoms with Gasteiger partial charge in [0.1, 0.15) is 0 Å². The number of carbonyl (C=O) groups excluding carboxylic acids is 1. The Balaban J connectivity index is 1.57. The number of rotatable bonds is 5. The molecule has 0 spiro atoms. The number of hydrogen-bond donors (Lipinski definition) is 1. The molecular formula is C19H25NO3. The maximum absolute atomic E-state index is 12.7. The minimum Gasteiger partial charge on any atom is -0.481 e. The Morgan fingerprint density at radius 3 is 2.83 bits per heavy atom. The number of carbonyl (C=O) groups is 2. The number of piperidine rings is 1. The Bertz CT molecular complexity index is 598. The highest BCUT2D eigenvalue weighted by Gasteiger charge is 2.46. The highest BCUT2D eigenvalue weighted by molar-refractivity contribution is 5.83. The topological polar surface area (TPSA) is 57.6 Å². The quantitative estimate of drug-likeness (QED) is 0.908. The number of carboxylic acid groups (broad SMARTS) is 1. The van der Waals surface area contributed by atoms with E-state index in [9.17, 15) is 9.59 Å². The van der Waals surface area contributed by atoms with Gasteiger partial charge in [-0.3, -0.25) is 9.59 Å². The van der Waals surface area contributed by atoms with Gasteiger partial charge in [-0.1, -0.05) is 24.3 Å². The maximum Gasteiger partial charge on any atom is 0.303 e. The van der Waals surface area contributed by atoms with Crippen LogP contribution in [-0.4, -0.2) is 35.0 Å². The van der Waals surface area contributed by atoms with Gasteiger partial charge in [-0.25, -0.2) is 0 Å². The van der Waals surface area contributed by atoms with Gasteiger partial charge in [0.2, 0.25) is 5.91 Å². The standard InChI is InChI=1S/C19H25NO3/c1-13-5-2-3-7-15(13)16-11-17(16)19(23)20-10-4-6-14(12-20)8-9-18(21)22/h2-3,5,7,14,16-17H,4,6,8-12H2,1H3,(H,21,22). The van der Waals surface area contributed by atoms with Crippen molar-refractivity contribution in [2.75, 3.05) is 13.1 Å². The van der Waals surface area contributed by atoms with Crippen molar-refractivity contribution in [1.29, 1.82) is 0 Å². The fraction of sp³-hybridized carbons (Fsp3) is 0.579. The third kappa shape index (κ3) is 3.74. The second-order valence-electron chi connectivity index (χ2n) is 7.03. The van der Waals surface area contributed by atoms with Gasteiger partial charge in [-0.15, -0.1) is 0 Å². The number of nitrogens with zero attached hydrogens (tertiary/aromatic N) is 1. The molecule has 2 fully saturated rings. The number of hydrogen-bond acceptors (Lipinski definition) is 2. The van der Waals surface area contributed by atoms with Crippen LogP contribution in [0.5, 0.6) is 0 Å². The van der Waals surface area contributed by atoms with Crippen LogP contribution < -0.4 is 0 Å². The molecule has 1 aromatic carbocycles. The first-order chi connectivity index (χ1) is 11.1. The second-order valence-corrected chi connectivity index (χ2v) is 7.03. The molecule has 3 atom stereocenters. The van der Waals surface area contributed by atoms with E-state index in [1.165, 1.54) is 11.1 Å². The van der Waals surface area contributed by atoms with Crippen molar-refractivity contribution in [3.63, 3.8) is 0 Å². The zero-order valence-corrected chi connectivity index (χ0v) is 13.7. The number of benzene rings is 1. The molecule has 3 unspecified atom stereocenters. The van der Waals surface area contributed by atoms with Crippen molar-refractivity contribution < 1.29 is 14.7 Å². The fourth-order valence-electron chi connectivity index (χ4n) is 3.88. The molecule has 2 aliphatic rings. The Kier molecular flexibility index (Phi) is 4.69. The normalized spacial score (nSPS) is 26.8. The van der Waals surface area contributed by atoms with Gasteiger partial charge in [0.05, 0.1) is 0 Å². The minimum absolute atomic E-state index is 0.134. The van der Waals surface area contributed by atoms with Gasteiger partial charge >= 0.3 is 5.97 Å². The molecule has 4 heteroatoms. The maximum atomic E-state index is 12.7. The summed E-state index contributed by atoms with van der Waals surface area (Å²) in [7, 11) is 0. The summed E-state index contributed by atoms with van der Waals surface area (Å²) >= 11 is 0. The summed E-state index contributed by atoms with van der Waals surface area (Å²) in [6.07, 6.45) is 3.90. The minimum atomic E-state index is -0.741. The lowest BCUT2D eigenvalue weighted by atomic mass is 9.93. The molecule has 0 radical (unpaired) electrons. The highest BCUT2D eigenvalue weighted by atomic mass is 16.4. The summed E-state index contributed by atoms with van der Waals surface area (Å²) in [6.45, 7) is 3.68. The van der Waals surface area contributed by atoms with E-state index in [2.05, 4.69) is 19.1 Å². The predicted octanol–water partition coefficient (Wildman–Crippen LogP) is 3.20.